The van der Waals surface area contributed by atoms with Crippen molar-refractivity contribution in [2.75, 3.05) is 18.9 Å². The zero-order valence-electron chi connectivity index (χ0n) is 27.6. The van der Waals surface area contributed by atoms with Gasteiger partial charge in [0.2, 0.25) is 17.3 Å². The number of nitrogens with one attached hydrogen (secondary N) is 3. The minimum Gasteiger partial charge on any atom is -0.388 e. The number of hydrogen-bond donors (Lipinski definition) is 11. The first-order valence-electron chi connectivity index (χ1n) is 15.5. The summed E-state index contributed by atoms with van der Waals surface area (Å²) in [5, 5.41) is 53.1. The maximum Gasteiger partial charge on any atom is 0.481 e. The highest BCUT2D eigenvalue weighted by Gasteiger charge is 2.48. The molecule has 6 rings (SSSR count). The average molecular weight is 788 g/mol. The van der Waals surface area contributed by atoms with Gasteiger partial charge in [0.1, 0.15) is 48.7 Å². The van der Waals surface area contributed by atoms with Gasteiger partial charge >= 0.3 is 32.6 Å². The van der Waals surface area contributed by atoms with Gasteiger partial charge in [-0.1, -0.05) is 4.98 Å². The lowest BCUT2D eigenvalue weighted by Crippen LogP contribution is -2.51. The first-order valence-corrected chi connectivity index (χ1v) is 18.5. The molecule has 286 valence electrons. The lowest BCUT2D eigenvalue weighted by molar-refractivity contribution is -0.745. The zero-order chi connectivity index (χ0) is 38.6. The molecule has 0 amide bonds. The molecule has 12 N–H and O–H groups in total. The van der Waals surface area contributed by atoms with Gasteiger partial charge in [0.15, 0.2) is 24.0 Å². The quantitative estimate of drug-likeness (QED) is 0.0313. The van der Waals surface area contributed by atoms with E-state index in [-0.39, 0.29) is 22.6 Å². The van der Waals surface area contributed by atoms with Crippen LogP contribution in [0.25, 0.3) is 33.4 Å². The third kappa shape index (κ3) is 7.91. The summed E-state index contributed by atoms with van der Waals surface area (Å²) < 4.78 is 46.8. The monoisotopic (exact) mass is 787 g/mol. The minimum absolute atomic E-state index is 0.0860. The summed E-state index contributed by atoms with van der Waals surface area (Å²) in [6, 6.07) is 3.33. The number of aryl methyl sites for hydroxylation is 2. The van der Waals surface area contributed by atoms with Crippen molar-refractivity contribution in [1.82, 2.24) is 29.9 Å². The van der Waals surface area contributed by atoms with Crippen molar-refractivity contribution in [3.05, 3.63) is 56.8 Å². The zero-order valence-corrected chi connectivity index (χ0v) is 29.4. The molecule has 1 aliphatic heterocycles. The number of aromatic amines is 3. The summed E-state index contributed by atoms with van der Waals surface area (Å²) >= 11 is 0. The largest absolute Gasteiger partial charge is 0.481 e. The van der Waals surface area contributed by atoms with Crippen LogP contribution in [0.1, 0.15) is 17.4 Å². The Morgan fingerprint density at radius 3 is 2.43 bits per heavy atom. The number of aliphatic hydroxyl groups is 5. The molecule has 0 spiro atoms. The molecule has 0 bridgehead atoms. The van der Waals surface area contributed by atoms with Gasteiger partial charge < -0.3 is 45.8 Å². The van der Waals surface area contributed by atoms with Gasteiger partial charge in [-0.05, 0) is 37.1 Å². The number of aliphatic hydroxyl groups excluding tert-OH is 5. The molecule has 1 aliphatic rings. The third-order valence-corrected chi connectivity index (χ3v) is 11.1. The molecule has 0 saturated carbocycles. The summed E-state index contributed by atoms with van der Waals surface area (Å²) in [7, 11) is -11.0. The van der Waals surface area contributed by atoms with Crippen LogP contribution in [0.15, 0.2) is 34.4 Å². The Hall–Kier alpha value is -4.13. The van der Waals surface area contributed by atoms with Gasteiger partial charge in [0.05, 0.1) is 13.2 Å². The van der Waals surface area contributed by atoms with E-state index in [0.717, 1.165) is 17.5 Å². The van der Waals surface area contributed by atoms with Gasteiger partial charge in [0.25, 0.3) is 5.56 Å². The number of H-pyrrole nitrogens is 3. The van der Waals surface area contributed by atoms with E-state index < -0.39 is 89.5 Å². The molecule has 53 heavy (non-hydrogen) atoms. The second-order valence-electron chi connectivity index (χ2n) is 12.2. The van der Waals surface area contributed by atoms with E-state index >= 15 is 0 Å². The summed E-state index contributed by atoms with van der Waals surface area (Å²) in [6.45, 7) is 0.872. The third-order valence-electron chi connectivity index (χ3n) is 8.52. The number of anilines is 1. The number of imidazole rings is 1. The van der Waals surface area contributed by atoms with Crippen molar-refractivity contribution < 1.29 is 71.7 Å². The molecule has 9 atom stereocenters. The number of phosphoric ester groups is 2. The number of nitrogens with zero attached hydrogens (tertiary/aromatic N) is 5. The maximum atomic E-state index is 12.5. The highest BCUT2D eigenvalue weighted by molar-refractivity contribution is 7.61. The molecule has 0 aliphatic carbocycles. The first kappa shape index (κ1) is 38.6. The molecule has 1 aromatic carbocycles. The van der Waals surface area contributed by atoms with E-state index in [1.54, 1.807) is 26.0 Å². The van der Waals surface area contributed by atoms with Gasteiger partial charge in [-0.25, -0.2) is 28.0 Å². The van der Waals surface area contributed by atoms with E-state index in [0.29, 0.717) is 16.6 Å². The van der Waals surface area contributed by atoms with E-state index in [4.69, 9.17) is 15.0 Å². The molecule has 24 nitrogen and oxygen atoms in total. The fourth-order valence-electron chi connectivity index (χ4n) is 5.66. The number of ether oxygens (including phenoxy) is 1. The van der Waals surface area contributed by atoms with Crippen LogP contribution in [0.2, 0.25) is 0 Å². The fourth-order valence-corrected chi connectivity index (χ4v) is 7.76. The highest BCUT2D eigenvalue weighted by Crippen LogP contribution is 2.60. The number of benzene rings is 1. The van der Waals surface area contributed by atoms with Gasteiger partial charge in [-0.2, -0.15) is 14.3 Å². The smallest absolute Gasteiger partial charge is 0.388 e. The van der Waals surface area contributed by atoms with Crippen LogP contribution in [0.5, 0.6) is 0 Å². The van der Waals surface area contributed by atoms with Gasteiger partial charge in [-0.15, -0.1) is 0 Å². The Morgan fingerprint density at radius 2 is 1.70 bits per heavy atom. The maximum absolute atomic E-state index is 12.5. The van der Waals surface area contributed by atoms with Crippen molar-refractivity contribution in [3.8, 4) is 0 Å². The van der Waals surface area contributed by atoms with Crippen LogP contribution in [-0.2, 0) is 33.8 Å². The highest BCUT2D eigenvalue weighted by atomic mass is 31.3. The first-order chi connectivity index (χ1) is 24.9. The lowest BCUT2D eigenvalue weighted by atomic mass is 10.1. The van der Waals surface area contributed by atoms with Crippen molar-refractivity contribution in [1.29, 1.82) is 0 Å². The van der Waals surface area contributed by atoms with Crippen molar-refractivity contribution in [3.63, 3.8) is 0 Å². The Balaban J connectivity index is 1.07. The molecule has 4 aromatic heterocycles. The average Bonchev–Trinajstić information content (AvgIpc) is 3.63. The number of aromatic nitrogens is 8. The Morgan fingerprint density at radius 1 is 1.00 bits per heavy atom. The molecule has 1 saturated heterocycles. The van der Waals surface area contributed by atoms with Crippen molar-refractivity contribution >= 4 is 54.8 Å². The van der Waals surface area contributed by atoms with Crippen molar-refractivity contribution in [2.45, 2.75) is 63.2 Å². The van der Waals surface area contributed by atoms with Crippen LogP contribution in [0.4, 0.5) is 5.82 Å². The molecule has 5 heterocycles. The second-order valence-corrected chi connectivity index (χ2v) is 15.2. The van der Waals surface area contributed by atoms with Gasteiger partial charge in [0, 0.05) is 0 Å². The Labute approximate surface area is 295 Å². The predicted molar refractivity (Wildman–Crippen MR) is 175 cm³/mol. The molecule has 0 radical (unpaired) electrons. The van der Waals surface area contributed by atoms with E-state index in [1.807, 2.05) is 0 Å². The van der Waals surface area contributed by atoms with Crippen LogP contribution in [0.3, 0.4) is 0 Å². The van der Waals surface area contributed by atoms with E-state index in [1.165, 1.54) is 15.5 Å². The number of nitrogen functional groups attached to an aromatic ring is 1. The lowest BCUT2D eigenvalue weighted by Gasteiger charge is -2.24. The standard InChI is InChI=1S/C27H33N9O15P2/c1-10-3-12-13(4-11(10)2)35(24-18(32-12)25(42)34-27(43)33-24)5-14(37)19(39)15(38)6-48-52(44,45)51-53(46,47)49-7-16-20(40)21(41)26(50-16)36-9-31-17-22(28)29-8-30-23(17)36/h3-4,8-9,14-16,19-21,26,37-41H,5-7H2,1-2H3,(H5,28,29,30,34,42,43,44,45,46,47)/p+2/t14-,15+,16+,19-,20+,21+,26+/m0/s1. The Bertz CT molecular complexity index is 2410. The Kier molecular flexibility index (Phi) is 10.6. The summed E-state index contributed by atoms with van der Waals surface area (Å²) in [5.41, 5.74) is 6.50. The normalized spacial score (nSPS) is 23.3. The SMILES string of the molecule is Cc1cc2nc3c(=O)[nH]c(=O)[nH]c3[n+](C[C@H](O)[C@H](O)[C@H](O)COP(=O)(O)OP(=O)(O)OC[C@H]3O[C@@H]([n+]4c[nH]c5c(N)ncnc54)[C@H](O)[C@@H]3O)c2cc1C. The molecule has 5 aromatic rings. The summed E-state index contributed by atoms with van der Waals surface area (Å²) in [6.07, 6.45) is -9.65. The minimum atomic E-state index is -5.53. The fraction of sp³-hybridized carbons (Fsp3) is 0.444. The summed E-state index contributed by atoms with van der Waals surface area (Å²) in [5.74, 6) is 0.0860. The number of fused-ring (bicyclic) bond motifs is 3. The number of phosphoric acid groups is 2. The molecule has 2 unspecified atom stereocenters. The number of nitrogens with two attached hydrogens (primary N) is 1. The van der Waals surface area contributed by atoms with Gasteiger partial charge in [-0.3, -0.25) is 23.8 Å². The molecular formula is C27H35N9O15P2+2. The van der Waals surface area contributed by atoms with Crippen LogP contribution < -0.4 is 26.1 Å². The second kappa shape index (κ2) is 14.6. The number of rotatable bonds is 13. The van der Waals surface area contributed by atoms with Crippen LogP contribution in [0, 0.1) is 13.8 Å². The predicted octanol–water partition coefficient (Wildman–Crippen LogP) is -3.54. The van der Waals surface area contributed by atoms with E-state index in [2.05, 4.69) is 38.7 Å². The van der Waals surface area contributed by atoms with E-state index in [9.17, 15) is 54.0 Å². The van der Waals surface area contributed by atoms with Crippen LogP contribution in [-0.4, -0.2) is 115 Å². The number of hydrogen-bond acceptors (Lipinski definition) is 17. The topological polar surface area (TPSA) is 367 Å². The molecular weight excluding hydrogens is 752 g/mol. The van der Waals surface area contributed by atoms with Crippen LogP contribution >= 0.6 is 15.6 Å². The molecule has 26 heteroatoms. The molecule has 1 fully saturated rings. The van der Waals surface area contributed by atoms with Crippen molar-refractivity contribution in [2.24, 2.45) is 0 Å². The summed E-state index contributed by atoms with van der Waals surface area (Å²) in [4.78, 5) is 64.3.